The Hall–Kier alpha value is -5.12. The molecule has 2 aromatic carbocycles. The van der Waals surface area contributed by atoms with Crippen LogP contribution in [0.15, 0.2) is 79.1 Å². The van der Waals surface area contributed by atoms with Gasteiger partial charge in [-0.3, -0.25) is 20.1 Å². The van der Waals surface area contributed by atoms with E-state index in [1.165, 1.54) is 31.3 Å². The van der Waals surface area contributed by atoms with E-state index in [4.69, 9.17) is 9.84 Å². The van der Waals surface area contributed by atoms with Crippen molar-refractivity contribution in [2.75, 3.05) is 10.6 Å². The monoisotopic (exact) mass is 568 g/mol. The summed E-state index contributed by atoms with van der Waals surface area (Å²) in [5.41, 5.74) is 2.27. The van der Waals surface area contributed by atoms with E-state index in [-0.39, 0.29) is 28.3 Å². The summed E-state index contributed by atoms with van der Waals surface area (Å²) in [5.74, 6) is 0.0495. The molecule has 216 valence electrons. The Bertz CT molecular complexity index is 1740. The fourth-order valence-electron chi connectivity index (χ4n) is 3.96. The van der Waals surface area contributed by atoms with Gasteiger partial charge < -0.3 is 10.1 Å². The number of carbonyl (C=O) groups is 2. The van der Waals surface area contributed by atoms with Gasteiger partial charge in [0, 0.05) is 48.3 Å². The van der Waals surface area contributed by atoms with E-state index >= 15 is 0 Å². The van der Waals surface area contributed by atoms with E-state index in [1.807, 2.05) is 65.0 Å². The number of urea groups is 1. The zero-order chi connectivity index (χ0) is 30.4. The van der Waals surface area contributed by atoms with Crippen LogP contribution < -0.4 is 15.4 Å². The summed E-state index contributed by atoms with van der Waals surface area (Å²) >= 11 is 0. The van der Waals surface area contributed by atoms with E-state index in [9.17, 15) is 14.0 Å². The largest absolute Gasteiger partial charge is 0.457 e. The van der Waals surface area contributed by atoms with Crippen LogP contribution in [0.5, 0.6) is 11.5 Å². The molecule has 0 aliphatic rings. The number of amides is 2. The third kappa shape index (κ3) is 6.95. The van der Waals surface area contributed by atoms with E-state index in [1.54, 1.807) is 23.0 Å². The summed E-state index contributed by atoms with van der Waals surface area (Å²) in [4.78, 5) is 32.8. The first-order valence-corrected chi connectivity index (χ1v) is 13.5. The zero-order valence-electron chi connectivity index (χ0n) is 24.4. The van der Waals surface area contributed by atoms with E-state index < -0.39 is 11.8 Å². The molecular weight excluding hydrogens is 535 g/mol. The van der Waals surface area contributed by atoms with Gasteiger partial charge in [0.05, 0.1) is 22.6 Å². The van der Waals surface area contributed by atoms with Crippen molar-refractivity contribution >= 4 is 34.2 Å². The van der Waals surface area contributed by atoms with Crippen LogP contribution in [0.3, 0.4) is 0 Å². The molecule has 2 amide bonds. The van der Waals surface area contributed by atoms with Gasteiger partial charge in [0.2, 0.25) is 0 Å². The number of fused-ring (bicyclic) bond motifs is 1. The minimum Gasteiger partial charge on any atom is -0.457 e. The van der Waals surface area contributed by atoms with Crippen LogP contribution in [-0.4, -0.2) is 31.6 Å². The van der Waals surface area contributed by atoms with Crippen molar-refractivity contribution in [3.05, 3.63) is 96.3 Å². The minimum atomic E-state index is -0.695. The van der Waals surface area contributed by atoms with Crippen molar-refractivity contribution in [3.63, 3.8) is 0 Å². The number of halogens is 1. The van der Waals surface area contributed by atoms with E-state index in [0.29, 0.717) is 11.6 Å². The molecule has 0 spiro atoms. The predicted octanol–water partition coefficient (Wildman–Crippen LogP) is 7.92. The van der Waals surface area contributed by atoms with Gasteiger partial charge in [-0.1, -0.05) is 40.7 Å². The maximum absolute atomic E-state index is 14.9. The van der Waals surface area contributed by atoms with Crippen molar-refractivity contribution in [1.29, 1.82) is 0 Å². The molecule has 0 saturated heterocycles. The smallest absolute Gasteiger partial charge is 0.324 e. The Morgan fingerprint density at radius 1 is 0.881 bits per heavy atom. The topological polar surface area (TPSA) is 111 Å². The minimum absolute atomic E-state index is 0.0390. The van der Waals surface area contributed by atoms with Crippen molar-refractivity contribution in [3.8, 4) is 17.2 Å². The molecule has 0 saturated carbocycles. The van der Waals surface area contributed by atoms with Gasteiger partial charge in [-0.25, -0.2) is 13.9 Å². The maximum atomic E-state index is 14.9. The first kappa shape index (κ1) is 29.9. The first-order valence-electron chi connectivity index (χ1n) is 13.5. The van der Waals surface area contributed by atoms with Crippen LogP contribution >= 0.6 is 0 Å². The van der Waals surface area contributed by atoms with Crippen molar-refractivity contribution in [2.24, 2.45) is 0 Å². The average molecular weight is 569 g/mol. The molecule has 5 rings (SSSR count). The number of nitrogens with zero attached hydrogens (tertiary/aromatic N) is 4. The number of anilines is 2. The molecule has 0 aliphatic heterocycles. The Balaban J connectivity index is 0.00000198. The fraction of sp³-hybridized carbons (Fsp3) is 0.219. The highest BCUT2D eigenvalue weighted by atomic mass is 19.1. The quantitative estimate of drug-likeness (QED) is 0.201. The van der Waals surface area contributed by atoms with Gasteiger partial charge in [-0.05, 0) is 42.5 Å². The Kier molecular flexibility index (Phi) is 8.95. The lowest BCUT2D eigenvalue weighted by Crippen LogP contribution is -2.22. The van der Waals surface area contributed by atoms with Gasteiger partial charge in [0.25, 0.3) is 0 Å². The summed E-state index contributed by atoms with van der Waals surface area (Å²) in [6, 6.07) is 17.7. The number of aromatic nitrogens is 4. The van der Waals surface area contributed by atoms with Crippen LogP contribution in [0.1, 0.15) is 57.7 Å². The molecule has 0 radical (unpaired) electrons. The second-order valence-electron chi connectivity index (χ2n) is 10.2. The SMILES string of the molecule is CC.CC(=O)c1cc(Oc2ccc(NC(=O)Nc3cc(C(C)(C)C)nn3-c3ccc4ncccc4c3)c(F)c2)ccn1. The van der Waals surface area contributed by atoms with Crippen LogP contribution in [0.4, 0.5) is 20.7 Å². The Morgan fingerprint density at radius 3 is 2.36 bits per heavy atom. The molecule has 0 atom stereocenters. The maximum Gasteiger partial charge on any atom is 0.324 e. The number of ketones is 1. The highest BCUT2D eigenvalue weighted by molar-refractivity contribution is 5.99. The highest BCUT2D eigenvalue weighted by Gasteiger charge is 2.22. The van der Waals surface area contributed by atoms with E-state index in [0.717, 1.165) is 28.4 Å². The van der Waals surface area contributed by atoms with Gasteiger partial charge in [-0.2, -0.15) is 5.10 Å². The summed E-state index contributed by atoms with van der Waals surface area (Å²) in [5, 5.41) is 11.0. The summed E-state index contributed by atoms with van der Waals surface area (Å²) in [6.07, 6.45) is 3.17. The van der Waals surface area contributed by atoms with Crippen molar-refractivity contribution in [2.45, 2.75) is 47.0 Å². The zero-order valence-corrected chi connectivity index (χ0v) is 24.4. The second-order valence-corrected chi connectivity index (χ2v) is 10.2. The third-order valence-electron chi connectivity index (χ3n) is 6.07. The van der Waals surface area contributed by atoms with Crippen LogP contribution in [-0.2, 0) is 5.41 Å². The van der Waals surface area contributed by atoms with Crippen molar-refractivity contribution in [1.82, 2.24) is 19.7 Å². The van der Waals surface area contributed by atoms with Crippen LogP contribution in [0.2, 0.25) is 0 Å². The number of hydrogen-bond acceptors (Lipinski definition) is 6. The Morgan fingerprint density at radius 2 is 1.64 bits per heavy atom. The lowest BCUT2D eigenvalue weighted by atomic mass is 9.92. The lowest BCUT2D eigenvalue weighted by molar-refractivity contribution is 0.101. The molecular formula is C32H33FN6O3. The number of carbonyl (C=O) groups excluding carboxylic acids is 2. The second kappa shape index (κ2) is 12.6. The number of Topliss-reactive ketones (excluding diaryl/α,β-unsaturated/α-hetero) is 1. The number of hydrogen-bond donors (Lipinski definition) is 2. The summed E-state index contributed by atoms with van der Waals surface area (Å²) in [6.45, 7) is 11.5. The molecule has 0 aliphatic carbocycles. The molecule has 0 bridgehead atoms. The summed E-state index contributed by atoms with van der Waals surface area (Å²) < 4.78 is 22.2. The molecule has 3 aromatic heterocycles. The standard InChI is InChI=1S/C30H27FN6O3.C2H6/c1-18(38)26-16-22(11-13-33-26)40-21-8-10-25(23(31)15-21)34-29(39)35-28-17-27(30(2,3)4)36-37(28)20-7-9-24-19(14-20)6-5-12-32-24;1-2/h5-17H,1-4H3,(H2,34,35,39);1-2H3. The number of ether oxygens (including phenoxy) is 1. The first-order chi connectivity index (χ1) is 20.1. The van der Waals surface area contributed by atoms with Crippen LogP contribution in [0.25, 0.3) is 16.6 Å². The number of rotatable bonds is 6. The van der Waals surface area contributed by atoms with E-state index in [2.05, 4.69) is 20.6 Å². The third-order valence-corrected chi connectivity index (χ3v) is 6.07. The molecule has 10 heteroatoms. The molecule has 2 N–H and O–H groups in total. The normalized spacial score (nSPS) is 10.9. The van der Waals surface area contributed by atoms with Gasteiger partial charge in [-0.15, -0.1) is 0 Å². The molecule has 9 nitrogen and oxygen atoms in total. The molecule has 42 heavy (non-hydrogen) atoms. The number of pyridine rings is 2. The molecule has 0 unspecified atom stereocenters. The van der Waals surface area contributed by atoms with Gasteiger partial charge in [0.1, 0.15) is 28.8 Å². The predicted molar refractivity (Wildman–Crippen MR) is 162 cm³/mol. The van der Waals surface area contributed by atoms with Gasteiger partial charge in [0.15, 0.2) is 5.78 Å². The Labute approximate surface area is 243 Å². The molecule has 0 fully saturated rings. The average Bonchev–Trinajstić information content (AvgIpc) is 3.40. The highest BCUT2D eigenvalue weighted by Crippen LogP contribution is 2.29. The van der Waals surface area contributed by atoms with Gasteiger partial charge >= 0.3 is 6.03 Å². The number of benzene rings is 2. The lowest BCUT2D eigenvalue weighted by Gasteiger charge is -2.14. The summed E-state index contributed by atoms with van der Waals surface area (Å²) in [7, 11) is 0. The molecule has 3 heterocycles. The molecule has 5 aromatic rings. The number of nitrogens with one attached hydrogen (secondary N) is 2. The van der Waals surface area contributed by atoms with Crippen molar-refractivity contribution < 1.29 is 18.7 Å². The fourth-order valence-corrected chi connectivity index (χ4v) is 3.96. The van der Waals surface area contributed by atoms with Crippen LogP contribution in [0, 0.1) is 5.82 Å².